The van der Waals surface area contributed by atoms with E-state index in [2.05, 4.69) is 27.5 Å². The van der Waals surface area contributed by atoms with Crippen LogP contribution in [0.25, 0.3) is 0 Å². The lowest BCUT2D eigenvalue weighted by Gasteiger charge is -2.33. The number of nitrogens with one attached hydrogen (secondary N) is 2. The smallest absolute Gasteiger partial charge is 0.239 e. The van der Waals surface area contributed by atoms with Crippen molar-refractivity contribution in [2.45, 2.75) is 50.5 Å². The highest BCUT2D eigenvalue weighted by molar-refractivity contribution is 6.30. The van der Waals surface area contributed by atoms with Crippen molar-refractivity contribution in [3.05, 3.63) is 70.7 Å². The molecule has 2 fully saturated rings. The SMILES string of the molecule is CN1[C@@H](CCC(=O)NCc2ccccc2)CNC(=O)[C@@H]2[C@H]1CCN2Cc1cccc(Cl)c1. The first-order valence-corrected chi connectivity index (χ1v) is 11.7. The number of fused-ring (bicyclic) bond motifs is 1. The lowest BCUT2D eigenvalue weighted by atomic mass is 10.0. The average Bonchev–Trinajstić information content (AvgIpc) is 3.16. The Morgan fingerprint density at radius 2 is 1.94 bits per heavy atom. The van der Waals surface area contributed by atoms with Gasteiger partial charge in [0, 0.05) is 49.7 Å². The first-order chi connectivity index (χ1) is 15.5. The predicted molar refractivity (Wildman–Crippen MR) is 126 cm³/mol. The minimum absolute atomic E-state index is 0.0448. The second kappa shape index (κ2) is 10.5. The summed E-state index contributed by atoms with van der Waals surface area (Å²) >= 11 is 6.14. The molecule has 0 spiro atoms. The molecule has 0 aliphatic carbocycles. The molecular formula is C25H31ClN4O2. The van der Waals surface area contributed by atoms with Crippen molar-refractivity contribution >= 4 is 23.4 Å². The number of likely N-dealkylation sites (tertiary alicyclic amines) is 1. The summed E-state index contributed by atoms with van der Waals surface area (Å²) in [5, 5.41) is 6.84. The highest BCUT2D eigenvalue weighted by Crippen LogP contribution is 2.29. The number of rotatable bonds is 7. The molecule has 2 saturated heterocycles. The van der Waals surface area contributed by atoms with Crippen LogP contribution in [0.3, 0.4) is 0 Å². The van der Waals surface area contributed by atoms with Crippen molar-refractivity contribution in [3.63, 3.8) is 0 Å². The second-order valence-electron chi connectivity index (χ2n) is 8.77. The molecule has 3 atom stereocenters. The maximum atomic E-state index is 13.0. The van der Waals surface area contributed by atoms with E-state index in [1.807, 2.05) is 54.6 Å². The van der Waals surface area contributed by atoms with Crippen LogP contribution in [0.1, 0.15) is 30.4 Å². The van der Waals surface area contributed by atoms with Gasteiger partial charge in [0.2, 0.25) is 11.8 Å². The van der Waals surface area contributed by atoms with Crippen molar-refractivity contribution < 1.29 is 9.59 Å². The number of nitrogens with zero attached hydrogens (tertiary/aromatic N) is 2. The Kier molecular flexibility index (Phi) is 7.45. The van der Waals surface area contributed by atoms with E-state index < -0.39 is 0 Å². The van der Waals surface area contributed by atoms with Gasteiger partial charge in [0.25, 0.3) is 0 Å². The van der Waals surface area contributed by atoms with E-state index >= 15 is 0 Å². The minimum atomic E-state index is -0.184. The van der Waals surface area contributed by atoms with Crippen LogP contribution in [0.5, 0.6) is 0 Å². The highest BCUT2D eigenvalue weighted by atomic mass is 35.5. The quantitative estimate of drug-likeness (QED) is 0.675. The molecule has 7 heteroatoms. The molecule has 2 heterocycles. The van der Waals surface area contributed by atoms with Gasteiger partial charge in [-0.2, -0.15) is 0 Å². The Morgan fingerprint density at radius 3 is 2.72 bits per heavy atom. The number of amides is 2. The van der Waals surface area contributed by atoms with Gasteiger partial charge in [-0.1, -0.05) is 54.1 Å². The first kappa shape index (κ1) is 22.8. The molecular weight excluding hydrogens is 424 g/mol. The Morgan fingerprint density at radius 1 is 1.16 bits per heavy atom. The number of hydrogen-bond donors (Lipinski definition) is 2. The summed E-state index contributed by atoms with van der Waals surface area (Å²) in [6.07, 6.45) is 2.10. The van der Waals surface area contributed by atoms with Crippen LogP contribution in [0, 0.1) is 0 Å². The van der Waals surface area contributed by atoms with Gasteiger partial charge in [0.1, 0.15) is 6.04 Å². The highest BCUT2D eigenvalue weighted by Gasteiger charge is 2.44. The fourth-order valence-corrected chi connectivity index (χ4v) is 5.09. The van der Waals surface area contributed by atoms with E-state index in [9.17, 15) is 9.59 Å². The van der Waals surface area contributed by atoms with Crippen LogP contribution in [-0.4, -0.2) is 59.9 Å². The number of benzene rings is 2. The van der Waals surface area contributed by atoms with Gasteiger partial charge >= 0.3 is 0 Å². The predicted octanol–water partition coefficient (Wildman–Crippen LogP) is 2.81. The number of carbonyl (C=O) groups is 2. The average molecular weight is 455 g/mol. The Balaban J connectivity index is 1.33. The molecule has 0 bridgehead atoms. The summed E-state index contributed by atoms with van der Waals surface area (Å²) < 4.78 is 0. The summed E-state index contributed by atoms with van der Waals surface area (Å²) in [6.45, 7) is 2.68. The normalized spacial score (nSPS) is 23.9. The zero-order chi connectivity index (χ0) is 22.5. The second-order valence-corrected chi connectivity index (χ2v) is 9.20. The number of halogens is 1. The molecule has 2 aromatic rings. The summed E-state index contributed by atoms with van der Waals surface area (Å²) in [4.78, 5) is 29.9. The molecule has 2 aromatic carbocycles. The third kappa shape index (κ3) is 5.49. The van der Waals surface area contributed by atoms with Gasteiger partial charge in [0.15, 0.2) is 0 Å². The van der Waals surface area contributed by atoms with E-state index in [4.69, 9.17) is 11.6 Å². The van der Waals surface area contributed by atoms with Crippen LogP contribution >= 0.6 is 11.6 Å². The third-order valence-corrected chi connectivity index (χ3v) is 6.90. The molecule has 2 aliphatic rings. The first-order valence-electron chi connectivity index (χ1n) is 11.3. The Labute approximate surface area is 194 Å². The summed E-state index contributed by atoms with van der Waals surface area (Å²) in [5.74, 6) is 0.126. The van der Waals surface area contributed by atoms with Crippen molar-refractivity contribution in [2.75, 3.05) is 20.1 Å². The molecule has 0 saturated carbocycles. The molecule has 0 unspecified atom stereocenters. The number of likely N-dealkylation sites (N-methyl/N-ethyl adjacent to an activating group) is 1. The Bertz CT molecular complexity index is 939. The van der Waals surface area contributed by atoms with Crippen molar-refractivity contribution in [2.24, 2.45) is 0 Å². The van der Waals surface area contributed by atoms with Gasteiger partial charge < -0.3 is 10.6 Å². The molecule has 0 radical (unpaired) electrons. The topological polar surface area (TPSA) is 64.7 Å². The van der Waals surface area contributed by atoms with Gasteiger partial charge in [-0.05, 0) is 43.1 Å². The molecule has 2 N–H and O–H groups in total. The standard InChI is InChI=1S/C25H31ClN4O2/c1-29-21(10-11-23(31)27-15-18-6-3-2-4-7-18)16-28-25(32)24-22(29)12-13-30(24)17-19-8-5-9-20(26)14-19/h2-9,14,21-22,24H,10-13,15-17H2,1H3,(H,27,31)(H,28,32)/t21-,22+,24-/m0/s1. The fourth-order valence-electron chi connectivity index (χ4n) is 4.88. The van der Waals surface area contributed by atoms with Crippen molar-refractivity contribution in [1.82, 2.24) is 20.4 Å². The molecule has 2 aliphatic heterocycles. The molecule has 6 nitrogen and oxygen atoms in total. The van der Waals surface area contributed by atoms with Crippen LogP contribution in [-0.2, 0) is 22.7 Å². The van der Waals surface area contributed by atoms with Crippen LogP contribution in [0.15, 0.2) is 54.6 Å². The fraction of sp³-hybridized carbons (Fsp3) is 0.440. The molecule has 4 rings (SSSR count). The summed E-state index contributed by atoms with van der Waals surface area (Å²) in [5.41, 5.74) is 2.21. The third-order valence-electron chi connectivity index (χ3n) is 6.66. The van der Waals surface area contributed by atoms with E-state index in [0.29, 0.717) is 31.1 Å². The lowest BCUT2D eigenvalue weighted by molar-refractivity contribution is -0.126. The monoisotopic (exact) mass is 454 g/mol. The summed E-state index contributed by atoms with van der Waals surface area (Å²) in [6, 6.07) is 17.8. The summed E-state index contributed by atoms with van der Waals surface area (Å²) in [7, 11) is 2.09. The largest absolute Gasteiger partial charge is 0.353 e. The van der Waals surface area contributed by atoms with Gasteiger partial charge in [-0.3, -0.25) is 19.4 Å². The van der Waals surface area contributed by atoms with Crippen molar-refractivity contribution in [3.8, 4) is 0 Å². The minimum Gasteiger partial charge on any atom is -0.353 e. The zero-order valence-electron chi connectivity index (χ0n) is 18.5. The van der Waals surface area contributed by atoms with E-state index in [-0.39, 0.29) is 29.9 Å². The van der Waals surface area contributed by atoms with Crippen LogP contribution in [0.2, 0.25) is 5.02 Å². The maximum absolute atomic E-state index is 13.0. The van der Waals surface area contributed by atoms with E-state index in [1.54, 1.807) is 0 Å². The maximum Gasteiger partial charge on any atom is 0.239 e. The zero-order valence-corrected chi connectivity index (χ0v) is 19.2. The van der Waals surface area contributed by atoms with Gasteiger partial charge in [-0.15, -0.1) is 0 Å². The van der Waals surface area contributed by atoms with E-state index in [0.717, 1.165) is 30.5 Å². The molecule has 0 aromatic heterocycles. The van der Waals surface area contributed by atoms with E-state index in [1.165, 1.54) is 0 Å². The molecule has 170 valence electrons. The lowest BCUT2D eigenvalue weighted by Crippen LogP contribution is -2.49. The number of carbonyl (C=O) groups excluding carboxylic acids is 2. The van der Waals surface area contributed by atoms with Crippen LogP contribution < -0.4 is 10.6 Å². The van der Waals surface area contributed by atoms with Gasteiger partial charge in [0.05, 0.1) is 0 Å². The van der Waals surface area contributed by atoms with Crippen LogP contribution in [0.4, 0.5) is 0 Å². The van der Waals surface area contributed by atoms with Crippen molar-refractivity contribution in [1.29, 1.82) is 0 Å². The number of hydrogen-bond acceptors (Lipinski definition) is 4. The van der Waals surface area contributed by atoms with Gasteiger partial charge in [-0.25, -0.2) is 0 Å². The molecule has 2 amide bonds. The molecule has 32 heavy (non-hydrogen) atoms. The Hall–Kier alpha value is -2.41.